The first-order valence-corrected chi connectivity index (χ1v) is 6.40. The molecular formula is C13H8ClNOS. The van der Waals surface area contributed by atoms with Crippen molar-refractivity contribution >= 4 is 40.3 Å². The number of aliphatic imine (C=N–C) groups is 1. The van der Waals surface area contributed by atoms with Gasteiger partial charge in [0.2, 0.25) is 5.90 Å². The number of hydrogen-bond donors (Lipinski definition) is 0. The van der Waals surface area contributed by atoms with Gasteiger partial charge in [-0.2, -0.15) is 0 Å². The third kappa shape index (κ3) is 1.88. The molecule has 4 heteroatoms. The van der Waals surface area contributed by atoms with Crippen LogP contribution in [0.25, 0.3) is 5.76 Å². The molecule has 0 unspecified atom stereocenters. The van der Waals surface area contributed by atoms with E-state index in [1.54, 1.807) is 11.3 Å². The van der Waals surface area contributed by atoms with Crippen LogP contribution in [0.2, 0.25) is 0 Å². The Morgan fingerprint density at radius 3 is 2.82 bits per heavy atom. The monoisotopic (exact) mass is 261 g/mol. The second-order valence-electron chi connectivity index (χ2n) is 3.49. The van der Waals surface area contributed by atoms with Crippen LogP contribution in [0, 0.1) is 0 Å². The fourth-order valence-electron chi connectivity index (χ4n) is 1.66. The predicted octanol–water partition coefficient (Wildman–Crippen LogP) is 4.39. The van der Waals surface area contributed by atoms with Gasteiger partial charge in [0.05, 0.1) is 10.6 Å². The van der Waals surface area contributed by atoms with E-state index in [0.717, 1.165) is 16.1 Å². The Balaban J connectivity index is 2.15. The summed E-state index contributed by atoms with van der Waals surface area (Å²) < 4.78 is 5.70. The fourth-order valence-corrected chi connectivity index (χ4v) is 2.47. The molecule has 0 aliphatic carbocycles. The highest BCUT2D eigenvalue weighted by Crippen LogP contribution is 2.34. The molecule has 2 nitrogen and oxygen atoms in total. The van der Waals surface area contributed by atoms with Crippen molar-refractivity contribution in [2.45, 2.75) is 0 Å². The van der Waals surface area contributed by atoms with Crippen LogP contribution in [0.4, 0.5) is 5.69 Å². The third-order valence-electron chi connectivity index (χ3n) is 2.43. The third-order valence-corrected chi connectivity index (χ3v) is 3.49. The van der Waals surface area contributed by atoms with E-state index in [1.807, 2.05) is 41.8 Å². The molecule has 0 saturated carbocycles. The van der Waals surface area contributed by atoms with E-state index in [1.165, 1.54) is 5.54 Å². The molecule has 0 saturated heterocycles. The number of ether oxygens (including phenoxy) is 1. The maximum atomic E-state index is 5.80. The van der Waals surface area contributed by atoms with Crippen molar-refractivity contribution in [3.8, 4) is 0 Å². The molecule has 3 rings (SSSR count). The molecule has 84 valence electrons. The Kier molecular flexibility index (Phi) is 2.71. The average molecular weight is 262 g/mol. The Bertz CT molecular complexity index is 602. The predicted molar refractivity (Wildman–Crippen MR) is 71.9 cm³/mol. The summed E-state index contributed by atoms with van der Waals surface area (Å²) in [6.45, 7) is 0. The highest BCUT2D eigenvalue weighted by Gasteiger charge is 2.19. The van der Waals surface area contributed by atoms with Gasteiger partial charge in [0.15, 0.2) is 0 Å². The van der Waals surface area contributed by atoms with E-state index >= 15 is 0 Å². The van der Waals surface area contributed by atoms with Crippen LogP contribution in [0.3, 0.4) is 0 Å². The largest absolute Gasteiger partial charge is 0.436 e. The van der Waals surface area contributed by atoms with Gasteiger partial charge in [0, 0.05) is 11.1 Å². The zero-order chi connectivity index (χ0) is 11.7. The summed E-state index contributed by atoms with van der Waals surface area (Å²) in [4.78, 5) is 5.49. The zero-order valence-electron chi connectivity index (χ0n) is 8.76. The molecule has 0 bridgehead atoms. The fraction of sp³-hybridized carbons (Fsp3) is 0. The number of benzene rings is 1. The lowest BCUT2D eigenvalue weighted by Crippen LogP contribution is -2.08. The van der Waals surface area contributed by atoms with Crippen molar-refractivity contribution in [2.24, 2.45) is 4.99 Å². The van der Waals surface area contributed by atoms with Crippen molar-refractivity contribution < 1.29 is 4.74 Å². The Hall–Kier alpha value is -1.58. The quantitative estimate of drug-likeness (QED) is 0.746. The molecule has 0 fully saturated rings. The van der Waals surface area contributed by atoms with Crippen LogP contribution >= 0.6 is 22.9 Å². The Morgan fingerprint density at radius 2 is 2.06 bits per heavy atom. The second-order valence-corrected chi connectivity index (χ2v) is 4.65. The molecule has 0 N–H and O–H groups in total. The van der Waals surface area contributed by atoms with Crippen LogP contribution in [0.1, 0.15) is 10.4 Å². The number of hydrogen-bond acceptors (Lipinski definition) is 3. The van der Waals surface area contributed by atoms with Crippen molar-refractivity contribution in [3.05, 3.63) is 57.8 Å². The second kappa shape index (κ2) is 4.35. The maximum absolute atomic E-state index is 5.80. The first-order chi connectivity index (χ1) is 8.38. The van der Waals surface area contributed by atoms with E-state index in [4.69, 9.17) is 16.3 Å². The van der Waals surface area contributed by atoms with E-state index in [-0.39, 0.29) is 0 Å². The summed E-state index contributed by atoms with van der Waals surface area (Å²) in [5.74, 6) is 1.24. The topological polar surface area (TPSA) is 21.6 Å². The lowest BCUT2D eigenvalue weighted by molar-refractivity contribution is 0.506. The van der Waals surface area contributed by atoms with Gasteiger partial charge in [-0.1, -0.05) is 29.8 Å². The standard InChI is InChI=1S/C13H8ClNOS/c14-8-11-9-4-1-2-5-10(9)15-13(16-11)12-6-3-7-17-12/h1-8H/b11-8-. The zero-order valence-corrected chi connectivity index (χ0v) is 10.3. The van der Waals surface area contributed by atoms with Crippen LogP contribution in [-0.4, -0.2) is 5.90 Å². The van der Waals surface area contributed by atoms with Crippen LogP contribution in [-0.2, 0) is 4.74 Å². The molecule has 1 aliphatic heterocycles. The van der Waals surface area contributed by atoms with Gasteiger partial charge in [-0.15, -0.1) is 11.3 Å². The van der Waals surface area contributed by atoms with Gasteiger partial charge in [-0.3, -0.25) is 0 Å². The molecule has 0 amide bonds. The van der Waals surface area contributed by atoms with Gasteiger partial charge in [0.25, 0.3) is 0 Å². The summed E-state index contributed by atoms with van der Waals surface area (Å²) in [7, 11) is 0. The minimum Gasteiger partial charge on any atom is -0.436 e. The molecule has 2 aromatic rings. The van der Waals surface area contributed by atoms with Gasteiger partial charge in [0.1, 0.15) is 5.76 Å². The van der Waals surface area contributed by atoms with Gasteiger partial charge in [-0.25, -0.2) is 4.99 Å². The molecule has 0 spiro atoms. The molecule has 1 aliphatic rings. The van der Waals surface area contributed by atoms with E-state index in [0.29, 0.717) is 11.7 Å². The molecule has 0 radical (unpaired) electrons. The molecule has 17 heavy (non-hydrogen) atoms. The van der Waals surface area contributed by atoms with E-state index in [9.17, 15) is 0 Å². The number of para-hydroxylation sites is 1. The van der Waals surface area contributed by atoms with Crippen molar-refractivity contribution in [1.82, 2.24) is 0 Å². The summed E-state index contributed by atoms with van der Waals surface area (Å²) in [6, 6.07) is 11.7. The number of rotatable bonds is 1. The van der Waals surface area contributed by atoms with E-state index < -0.39 is 0 Å². The minimum absolute atomic E-state index is 0.602. The highest BCUT2D eigenvalue weighted by atomic mass is 35.5. The minimum atomic E-state index is 0.602. The van der Waals surface area contributed by atoms with Crippen molar-refractivity contribution in [3.63, 3.8) is 0 Å². The first kappa shape index (κ1) is 10.6. The van der Waals surface area contributed by atoms with Crippen molar-refractivity contribution in [2.75, 3.05) is 0 Å². The SMILES string of the molecule is Cl/C=C1\OC(c2cccs2)=Nc2ccccc21. The van der Waals surface area contributed by atoms with Crippen LogP contribution < -0.4 is 0 Å². The average Bonchev–Trinajstić information content (AvgIpc) is 2.91. The Morgan fingerprint density at radius 1 is 1.18 bits per heavy atom. The molecule has 0 atom stereocenters. The summed E-state index contributed by atoms with van der Waals surface area (Å²) in [5.41, 5.74) is 3.25. The summed E-state index contributed by atoms with van der Waals surface area (Å²) in [6.07, 6.45) is 0. The lowest BCUT2D eigenvalue weighted by atomic mass is 10.1. The summed E-state index contributed by atoms with van der Waals surface area (Å²) >= 11 is 7.39. The van der Waals surface area contributed by atoms with Crippen LogP contribution in [0.5, 0.6) is 0 Å². The molecular weight excluding hydrogens is 254 g/mol. The normalized spacial score (nSPS) is 16.3. The molecule has 1 aromatic heterocycles. The number of thiophene rings is 1. The molecule has 2 heterocycles. The van der Waals surface area contributed by atoms with E-state index in [2.05, 4.69) is 4.99 Å². The lowest BCUT2D eigenvalue weighted by Gasteiger charge is -2.17. The number of fused-ring (bicyclic) bond motifs is 1. The Labute approximate surface area is 108 Å². The van der Waals surface area contributed by atoms with Gasteiger partial charge in [-0.05, 0) is 23.6 Å². The van der Waals surface area contributed by atoms with Gasteiger partial charge >= 0.3 is 0 Å². The van der Waals surface area contributed by atoms with Crippen LogP contribution in [0.15, 0.2) is 52.3 Å². The number of halogens is 1. The summed E-state index contributed by atoms with van der Waals surface area (Å²) in [5, 5.41) is 1.99. The smallest absolute Gasteiger partial charge is 0.237 e. The maximum Gasteiger partial charge on any atom is 0.237 e. The van der Waals surface area contributed by atoms with Crippen molar-refractivity contribution in [1.29, 1.82) is 0 Å². The molecule has 1 aromatic carbocycles. The van der Waals surface area contributed by atoms with Gasteiger partial charge < -0.3 is 4.74 Å². The number of nitrogens with zero attached hydrogens (tertiary/aromatic N) is 1. The highest BCUT2D eigenvalue weighted by molar-refractivity contribution is 7.12. The first-order valence-electron chi connectivity index (χ1n) is 5.08.